The molecule has 1 aliphatic rings. The average molecular weight is 741 g/mol. The Labute approximate surface area is 325 Å². The van der Waals surface area contributed by atoms with Gasteiger partial charge in [0.25, 0.3) is 0 Å². The van der Waals surface area contributed by atoms with Crippen molar-refractivity contribution in [1.29, 1.82) is 0 Å². The van der Waals surface area contributed by atoms with Crippen LogP contribution >= 0.6 is 0 Å². The van der Waals surface area contributed by atoms with Gasteiger partial charge in [-0.2, -0.15) is 0 Å². The molecule has 0 aliphatic heterocycles. The smallest absolute Gasteiger partial charge is 0.407 e. The van der Waals surface area contributed by atoms with E-state index in [1.165, 1.54) is 13.0 Å². The molecule has 0 saturated carbocycles. The van der Waals surface area contributed by atoms with Gasteiger partial charge in [0.15, 0.2) is 5.78 Å². The highest BCUT2D eigenvalue weighted by Crippen LogP contribution is 2.44. The predicted molar refractivity (Wildman–Crippen MR) is 215 cm³/mol. The van der Waals surface area contributed by atoms with Crippen LogP contribution < -0.4 is 10.6 Å². The van der Waals surface area contributed by atoms with E-state index in [0.717, 1.165) is 38.9 Å². The number of carbonyl (C=O) groups is 4. The minimum atomic E-state index is -1.49. The van der Waals surface area contributed by atoms with Gasteiger partial charge in [-0.15, -0.1) is 0 Å². The van der Waals surface area contributed by atoms with E-state index < -0.39 is 36.0 Å². The lowest BCUT2D eigenvalue weighted by atomic mass is 9.77. The monoisotopic (exact) mass is 740 g/mol. The van der Waals surface area contributed by atoms with E-state index in [-0.39, 0.29) is 24.1 Å². The van der Waals surface area contributed by atoms with E-state index in [2.05, 4.69) is 10.6 Å². The van der Waals surface area contributed by atoms with Crippen LogP contribution in [-0.2, 0) is 24.6 Å². The third-order valence-corrected chi connectivity index (χ3v) is 9.91. The number of alkyl carbamates (subject to hydrolysis) is 1. The van der Waals surface area contributed by atoms with Gasteiger partial charge in [0.2, 0.25) is 5.91 Å². The number of ether oxygens (including phenoxy) is 2. The molecule has 0 unspecified atom stereocenters. The first-order chi connectivity index (χ1) is 27.3. The summed E-state index contributed by atoms with van der Waals surface area (Å²) in [5.74, 6) is -2.08. The van der Waals surface area contributed by atoms with Crippen LogP contribution in [0.4, 0.5) is 4.79 Å². The summed E-state index contributed by atoms with van der Waals surface area (Å²) in [5.41, 5.74) is 5.79. The molecule has 1 aliphatic carbocycles. The zero-order valence-electron chi connectivity index (χ0n) is 30.8. The van der Waals surface area contributed by atoms with Crippen LogP contribution in [0.5, 0.6) is 0 Å². The summed E-state index contributed by atoms with van der Waals surface area (Å²) in [6.07, 6.45) is -0.204. The molecule has 8 heteroatoms. The quantitative estimate of drug-likeness (QED) is 0.0403. The maximum atomic E-state index is 14.4. The standard InChI is InChI=1S/C48H40N2O6/c1-33(30-44(51)34-18-6-2-7-19-34)56-46(53)43(49-47(54)55-32-42-40-28-16-14-26-38(40)39-27-15-17-29-41(39)42)31-45(52)50-48(35-20-8-3-9-21-35,36-22-10-4-11-23-36)37-24-12-5-13-25-37/h2-30,42-43H,31-32H2,1H3,(H,49,54)(H,50,52)/b33-30+/t43-/m0/s1. The zero-order valence-corrected chi connectivity index (χ0v) is 30.8. The van der Waals surface area contributed by atoms with Crippen LogP contribution in [0.1, 0.15) is 57.4 Å². The van der Waals surface area contributed by atoms with E-state index in [4.69, 9.17) is 9.47 Å². The van der Waals surface area contributed by atoms with Crippen LogP contribution in [0, 0.1) is 0 Å². The number of carbonyl (C=O) groups excluding carboxylic acids is 4. The molecule has 56 heavy (non-hydrogen) atoms. The van der Waals surface area contributed by atoms with Gasteiger partial charge < -0.3 is 20.1 Å². The molecule has 8 nitrogen and oxygen atoms in total. The number of benzene rings is 6. The Morgan fingerprint density at radius 2 is 1.07 bits per heavy atom. The number of fused-ring (bicyclic) bond motifs is 3. The fourth-order valence-corrected chi connectivity index (χ4v) is 7.33. The normalized spacial score (nSPS) is 12.8. The highest BCUT2D eigenvalue weighted by molar-refractivity contribution is 6.05. The second kappa shape index (κ2) is 17.0. The summed E-state index contributed by atoms with van der Waals surface area (Å²) in [5, 5.41) is 5.84. The maximum absolute atomic E-state index is 14.4. The van der Waals surface area contributed by atoms with Gasteiger partial charge in [0, 0.05) is 17.6 Å². The molecular weight excluding hydrogens is 701 g/mol. The number of amides is 2. The van der Waals surface area contributed by atoms with Crippen molar-refractivity contribution in [3.05, 3.63) is 215 Å². The van der Waals surface area contributed by atoms with Crippen molar-refractivity contribution in [2.45, 2.75) is 30.8 Å². The first-order valence-corrected chi connectivity index (χ1v) is 18.4. The molecule has 2 N–H and O–H groups in total. The summed E-state index contributed by atoms with van der Waals surface area (Å²) < 4.78 is 11.4. The van der Waals surface area contributed by atoms with E-state index in [9.17, 15) is 19.2 Å². The molecule has 6 aromatic rings. The zero-order chi connectivity index (χ0) is 38.9. The summed E-state index contributed by atoms with van der Waals surface area (Å²) in [4.78, 5) is 54.7. The summed E-state index contributed by atoms with van der Waals surface area (Å²) in [6.45, 7) is 1.46. The minimum absolute atomic E-state index is 0.00252. The molecule has 0 aromatic heterocycles. The van der Waals surface area contributed by atoms with E-state index >= 15 is 0 Å². The molecule has 278 valence electrons. The van der Waals surface area contributed by atoms with Crippen LogP contribution in [0.25, 0.3) is 11.1 Å². The fraction of sp³-hybridized carbons (Fsp3) is 0.125. The SMILES string of the molecule is C/C(=C\C(=O)c1ccccc1)OC(=O)[C@H](CC(=O)NC(c1ccccc1)(c1ccccc1)c1ccccc1)NC(=O)OCC1c2ccccc2-c2ccccc21. The summed E-state index contributed by atoms with van der Waals surface area (Å²) in [7, 11) is 0. The Morgan fingerprint density at radius 3 is 1.57 bits per heavy atom. The second-order valence-electron chi connectivity index (χ2n) is 13.5. The lowest BCUT2D eigenvalue weighted by Gasteiger charge is -2.37. The number of hydrogen-bond donors (Lipinski definition) is 2. The Morgan fingerprint density at radius 1 is 0.625 bits per heavy atom. The van der Waals surface area contributed by atoms with Gasteiger partial charge >= 0.3 is 12.1 Å². The van der Waals surface area contributed by atoms with Gasteiger partial charge in [-0.3, -0.25) is 9.59 Å². The maximum Gasteiger partial charge on any atom is 0.407 e. The lowest BCUT2D eigenvalue weighted by Crippen LogP contribution is -2.51. The number of ketones is 1. The van der Waals surface area contributed by atoms with Crippen molar-refractivity contribution in [2.24, 2.45) is 0 Å². The number of allylic oxidation sites excluding steroid dienone is 2. The first-order valence-electron chi connectivity index (χ1n) is 18.4. The molecule has 7 rings (SSSR count). The molecule has 0 fully saturated rings. The summed E-state index contributed by atoms with van der Waals surface area (Å²) >= 11 is 0. The molecule has 0 bridgehead atoms. The van der Waals surface area contributed by atoms with Crippen LogP contribution in [0.2, 0.25) is 0 Å². The number of rotatable bonds is 13. The molecule has 1 atom stereocenters. The Bertz CT molecular complexity index is 2220. The highest BCUT2D eigenvalue weighted by Gasteiger charge is 2.39. The molecule has 0 radical (unpaired) electrons. The van der Waals surface area contributed by atoms with Crippen molar-refractivity contribution < 1.29 is 28.7 Å². The second-order valence-corrected chi connectivity index (χ2v) is 13.5. The Hall–Kier alpha value is -7.06. The van der Waals surface area contributed by atoms with Crippen LogP contribution in [-0.4, -0.2) is 36.4 Å². The van der Waals surface area contributed by atoms with Gasteiger partial charge in [-0.1, -0.05) is 170 Å². The fourth-order valence-electron chi connectivity index (χ4n) is 7.33. The van der Waals surface area contributed by atoms with Gasteiger partial charge in [-0.25, -0.2) is 9.59 Å². The van der Waals surface area contributed by atoms with E-state index in [1.54, 1.807) is 30.3 Å². The third kappa shape index (κ3) is 8.05. The highest BCUT2D eigenvalue weighted by atomic mass is 16.6. The first kappa shape index (κ1) is 37.3. The van der Waals surface area contributed by atoms with Crippen molar-refractivity contribution in [1.82, 2.24) is 10.6 Å². The van der Waals surface area contributed by atoms with E-state index in [0.29, 0.717) is 5.56 Å². The Kier molecular flexibility index (Phi) is 11.3. The van der Waals surface area contributed by atoms with Crippen molar-refractivity contribution >= 4 is 23.8 Å². The topological polar surface area (TPSA) is 111 Å². The predicted octanol–water partition coefficient (Wildman–Crippen LogP) is 8.72. The molecule has 6 aromatic carbocycles. The van der Waals surface area contributed by atoms with Crippen molar-refractivity contribution in [3.63, 3.8) is 0 Å². The molecule has 0 heterocycles. The average Bonchev–Trinajstić information content (AvgIpc) is 3.56. The Balaban J connectivity index is 1.16. The van der Waals surface area contributed by atoms with E-state index in [1.807, 2.05) is 140 Å². The van der Waals surface area contributed by atoms with Gasteiger partial charge in [0.1, 0.15) is 23.9 Å². The van der Waals surface area contributed by atoms with Crippen molar-refractivity contribution in [3.8, 4) is 11.1 Å². The molecule has 0 spiro atoms. The molecule has 2 amide bonds. The van der Waals surface area contributed by atoms with Gasteiger partial charge in [-0.05, 0) is 45.9 Å². The number of hydrogen-bond acceptors (Lipinski definition) is 6. The number of esters is 1. The summed E-state index contributed by atoms with van der Waals surface area (Å²) in [6, 6.07) is 51.6. The largest absolute Gasteiger partial charge is 0.449 e. The lowest BCUT2D eigenvalue weighted by molar-refractivity contribution is -0.143. The van der Waals surface area contributed by atoms with Crippen LogP contribution in [0.3, 0.4) is 0 Å². The number of nitrogens with one attached hydrogen (secondary N) is 2. The van der Waals surface area contributed by atoms with Crippen LogP contribution in [0.15, 0.2) is 182 Å². The third-order valence-electron chi connectivity index (χ3n) is 9.91. The van der Waals surface area contributed by atoms with Gasteiger partial charge in [0.05, 0.1) is 6.42 Å². The molecular formula is C48H40N2O6. The minimum Gasteiger partial charge on any atom is -0.449 e. The van der Waals surface area contributed by atoms with Crippen molar-refractivity contribution in [2.75, 3.05) is 6.61 Å². The molecule has 0 saturated heterocycles.